The zero-order valence-corrected chi connectivity index (χ0v) is 23.3. The largest absolute Gasteiger partial charge is 0.352 e. The summed E-state index contributed by atoms with van der Waals surface area (Å²) in [5, 5.41) is 3.52. The standard InChI is InChI=1S/C25H31BrClN3O4S/c1-17-14-21(27)12-13-23(17)30(35(3,33)34)16-24(31)29(15-19-8-10-20(26)11-9-19)18(2)25(32)28-22-6-4-5-7-22/h8-14,18,22H,4-7,15-16H2,1-3H3,(H,28,32)/t18-/m1/s1. The van der Waals surface area contributed by atoms with E-state index in [2.05, 4.69) is 21.2 Å². The fourth-order valence-electron chi connectivity index (χ4n) is 4.25. The third-order valence-electron chi connectivity index (χ3n) is 6.24. The van der Waals surface area contributed by atoms with Gasteiger partial charge in [0.1, 0.15) is 12.6 Å². The van der Waals surface area contributed by atoms with E-state index >= 15 is 0 Å². The van der Waals surface area contributed by atoms with Crippen molar-refractivity contribution in [1.82, 2.24) is 10.2 Å². The van der Waals surface area contributed by atoms with Gasteiger partial charge in [-0.15, -0.1) is 0 Å². The van der Waals surface area contributed by atoms with Crippen LogP contribution in [0.1, 0.15) is 43.7 Å². The number of anilines is 1. The molecular formula is C25H31BrClN3O4S. The molecule has 7 nitrogen and oxygen atoms in total. The first kappa shape index (κ1) is 27.5. The van der Waals surface area contributed by atoms with Crippen molar-refractivity contribution < 1.29 is 18.0 Å². The molecule has 0 saturated heterocycles. The highest BCUT2D eigenvalue weighted by molar-refractivity contribution is 9.10. The van der Waals surface area contributed by atoms with Crippen LogP contribution in [0.3, 0.4) is 0 Å². The van der Waals surface area contributed by atoms with Crippen molar-refractivity contribution in [3.63, 3.8) is 0 Å². The molecular weight excluding hydrogens is 554 g/mol. The Bertz CT molecular complexity index is 1170. The van der Waals surface area contributed by atoms with Gasteiger partial charge < -0.3 is 10.2 Å². The topological polar surface area (TPSA) is 86.8 Å². The molecule has 10 heteroatoms. The van der Waals surface area contributed by atoms with Gasteiger partial charge >= 0.3 is 0 Å². The number of rotatable bonds is 9. The van der Waals surface area contributed by atoms with Crippen LogP contribution in [-0.2, 0) is 26.2 Å². The molecule has 2 amide bonds. The van der Waals surface area contributed by atoms with Crippen LogP contribution in [0.4, 0.5) is 5.69 Å². The zero-order valence-electron chi connectivity index (χ0n) is 20.1. The van der Waals surface area contributed by atoms with Crippen molar-refractivity contribution in [1.29, 1.82) is 0 Å². The maximum atomic E-state index is 13.6. The van der Waals surface area contributed by atoms with Crippen molar-refractivity contribution in [3.8, 4) is 0 Å². The third kappa shape index (κ3) is 7.44. The number of nitrogens with zero attached hydrogens (tertiary/aromatic N) is 2. The van der Waals surface area contributed by atoms with Gasteiger partial charge in [-0.2, -0.15) is 0 Å². The lowest BCUT2D eigenvalue weighted by Gasteiger charge is -2.32. The Hall–Kier alpha value is -2.10. The molecule has 2 aromatic rings. The average Bonchev–Trinajstić information content (AvgIpc) is 3.29. The molecule has 1 fully saturated rings. The molecule has 0 unspecified atom stereocenters. The van der Waals surface area contributed by atoms with E-state index < -0.39 is 28.5 Å². The quantitative estimate of drug-likeness (QED) is 0.465. The van der Waals surface area contributed by atoms with E-state index in [9.17, 15) is 18.0 Å². The van der Waals surface area contributed by atoms with Crippen LogP contribution in [0, 0.1) is 6.92 Å². The van der Waals surface area contributed by atoms with Gasteiger partial charge in [-0.3, -0.25) is 13.9 Å². The Morgan fingerprint density at radius 2 is 1.77 bits per heavy atom. The number of sulfonamides is 1. The predicted molar refractivity (Wildman–Crippen MR) is 143 cm³/mol. The molecule has 0 heterocycles. The van der Waals surface area contributed by atoms with Gasteiger partial charge in [0.2, 0.25) is 21.8 Å². The number of hydrogen-bond donors (Lipinski definition) is 1. The predicted octanol–water partition coefficient (Wildman–Crippen LogP) is 4.65. The number of hydrogen-bond acceptors (Lipinski definition) is 4. The van der Waals surface area contributed by atoms with Gasteiger partial charge in [-0.05, 0) is 68.1 Å². The Balaban J connectivity index is 1.89. The minimum atomic E-state index is -3.79. The van der Waals surface area contributed by atoms with Crippen molar-refractivity contribution >= 4 is 55.1 Å². The second-order valence-electron chi connectivity index (χ2n) is 9.01. The molecule has 1 saturated carbocycles. The number of amides is 2. The van der Waals surface area contributed by atoms with Crippen molar-refractivity contribution in [2.45, 2.75) is 58.2 Å². The number of halogens is 2. The number of carbonyl (C=O) groups excluding carboxylic acids is 2. The molecule has 0 bridgehead atoms. The lowest BCUT2D eigenvalue weighted by atomic mass is 10.1. The van der Waals surface area contributed by atoms with Gasteiger partial charge in [-0.1, -0.05) is 52.5 Å². The molecule has 35 heavy (non-hydrogen) atoms. The van der Waals surface area contributed by atoms with Crippen LogP contribution in [0.25, 0.3) is 0 Å². The SMILES string of the molecule is Cc1cc(Cl)ccc1N(CC(=O)N(Cc1ccc(Br)cc1)[C@H](C)C(=O)NC1CCCC1)S(C)(=O)=O. The Morgan fingerprint density at radius 1 is 1.14 bits per heavy atom. The van der Waals surface area contributed by atoms with Crippen molar-refractivity contribution in [2.75, 3.05) is 17.1 Å². The maximum Gasteiger partial charge on any atom is 0.244 e. The lowest BCUT2D eigenvalue weighted by molar-refractivity contribution is -0.139. The molecule has 1 atom stereocenters. The summed E-state index contributed by atoms with van der Waals surface area (Å²) >= 11 is 9.46. The zero-order chi connectivity index (χ0) is 25.8. The van der Waals surface area contributed by atoms with Crippen LogP contribution >= 0.6 is 27.5 Å². The van der Waals surface area contributed by atoms with Crippen LogP contribution in [0.15, 0.2) is 46.9 Å². The molecule has 0 aliphatic heterocycles. The van der Waals surface area contributed by atoms with Gasteiger partial charge in [0.05, 0.1) is 11.9 Å². The molecule has 3 rings (SSSR count). The second kappa shape index (κ2) is 11.8. The Kier molecular flexibility index (Phi) is 9.23. The third-order valence-corrected chi connectivity index (χ3v) is 8.13. The first-order valence-corrected chi connectivity index (χ1v) is 14.6. The fraction of sp³-hybridized carbons (Fsp3) is 0.440. The van der Waals surface area contributed by atoms with E-state index in [1.807, 2.05) is 24.3 Å². The van der Waals surface area contributed by atoms with Gasteiger partial charge in [-0.25, -0.2) is 8.42 Å². The minimum absolute atomic E-state index is 0.110. The molecule has 0 radical (unpaired) electrons. The van der Waals surface area contributed by atoms with E-state index in [4.69, 9.17) is 11.6 Å². The summed E-state index contributed by atoms with van der Waals surface area (Å²) < 4.78 is 27.4. The summed E-state index contributed by atoms with van der Waals surface area (Å²) in [5.74, 6) is -0.710. The summed E-state index contributed by atoms with van der Waals surface area (Å²) in [6, 6.07) is 11.6. The van der Waals surface area contributed by atoms with Gasteiger partial charge in [0, 0.05) is 22.1 Å². The van der Waals surface area contributed by atoms with Crippen LogP contribution in [0.5, 0.6) is 0 Å². The molecule has 1 N–H and O–H groups in total. The Labute approximate surface area is 221 Å². The first-order chi connectivity index (χ1) is 16.5. The summed E-state index contributed by atoms with van der Waals surface area (Å²) in [7, 11) is -3.79. The highest BCUT2D eigenvalue weighted by Crippen LogP contribution is 2.26. The van der Waals surface area contributed by atoms with Crippen molar-refractivity contribution in [2.24, 2.45) is 0 Å². The highest BCUT2D eigenvalue weighted by Gasteiger charge is 2.31. The van der Waals surface area contributed by atoms with E-state index in [-0.39, 0.29) is 18.5 Å². The number of carbonyl (C=O) groups is 2. The fourth-order valence-corrected chi connectivity index (χ4v) is 5.65. The molecule has 0 spiro atoms. The molecule has 190 valence electrons. The number of nitrogens with one attached hydrogen (secondary N) is 1. The van der Waals surface area contributed by atoms with Crippen LogP contribution < -0.4 is 9.62 Å². The highest BCUT2D eigenvalue weighted by atomic mass is 79.9. The number of benzene rings is 2. The smallest absolute Gasteiger partial charge is 0.244 e. The maximum absolute atomic E-state index is 13.6. The Morgan fingerprint density at radius 3 is 2.34 bits per heavy atom. The minimum Gasteiger partial charge on any atom is -0.352 e. The van der Waals surface area contributed by atoms with E-state index in [0.717, 1.165) is 46.3 Å². The monoisotopic (exact) mass is 583 g/mol. The van der Waals surface area contributed by atoms with Gasteiger partial charge in [0.15, 0.2) is 0 Å². The van der Waals surface area contributed by atoms with Gasteiger partial charge in [0.25, 0.3) is 0 Å². The first-order valence-electron chi connectivity index (χ1n) is 11.5. The summed E-state index contributed by atoms with van der Waals surface area (Å²) in [6.07, 6.45) is 5.06. The van der Waals surface area contributed by atoms with Crippen LogP contribution in [0.2, 0.25) is 5.02 Å². The average molecular weight is 585 g/mol. The summed E-state index contributed by atoms with van der Waals surface area (Å²) in [6.45, 7) is 3.15. The second-order valence-corrected chi connectivity index (χ2v) is 12.3. The van der Waals surface area contributed by atoms with E-state index in [1.165, 1.54) is 4.90 Å². The number of aryl methyl sites for hydroxylation is 1. The molecule has 2 aromatic carbocycles. The van der Waals surface area contributed by atoms with E-state index in [0.29, 0.717) is 16.3 Å². The van der Waals surface area contributed by atoms with Crippen LogP contribution in [-0.4, -0.2) is 50.0 Å². The lowest BCUT2D eigenvalue weighted by Crippen LogP contribution is -2.52. The molecule has 1 aliphatic rings. The van der Waals surface area contributed by atoms with E-state index in [1.54, 1.807) is 32.0 Å². The summed E-state index contributed by atoms with van der Waals surface area (Å²) in [4.78, 5) is 28.1. The summed E-state index contributed by atoms with van der Waals surface area (Å²) in [5.41, 5.74) is 1.83. The molecule has 0 aromatic heterocycles. The normalized spacial score (nSPS) is 15.0. The molecule has 1 aliphatic carbocycles. The van der Waals surface area contributed by atoms with Crippen molar-refractivity contribution in [3.05, 3.63) is 63.1 Å².